The Kier molecular flexibility index (Phi) is 3.71. The molecule has 0 fully saturated rings. The van der Waals surface area contributed by atoms with Gasteiger partial charge in [0.05, 0.1) is 16.8 Å². The van der Waals surface area contributed by atoms with Gasteiger partial charge in [-0.05, 0) is 25.2 Å². The van der Waals surface area contributed by atoms with Gasteiger partial charge in [0.25, 0.3) is 0 Å². The number of nitrogens with zero attached hydrogens (tertiary/aromatic N) is 1. The van der Waals surface area contributed by atoms with Gasteiger partial charge in [-0.15, -0.1) is 11.3 Å². The maximum Gasteiger partial charge on any atom is 0.120 e. The van der Waals surface area contributed by atoms with Crippen LogP contribution in [0.2, 0.25) is 0 Å². The lowest BCUT2D eigenvalue weighted by Gasteiger charge is -2.02. The zero-order chi connectivity index (χ0) is 11.4. The van der Waals surface area contributed by atoms with E-state index >= 15 is 0 Å². The summed E-state index contributed by atoms with van der Waals surface area (Å²) in [5.74, 6) is 0.779. The predicted octanol–water partition coefficient (Wildman–Crippen LogP) is 1.39. The Morgan fingerprint density at radius 2 is 2.38 bits per heavy atom. The van der Waals surface area contributed by atoms with Crippen molar-refractivity contribution in [1.82, 2.24) is 10.3 Å². The number of aromatic nitrogens is 1. The minimum absolute atomic E-state index is 0.0335. The van der Waals surface area contributed by atoms with E-state index in [0.717, 1.165) is 27.5 Å². The fourth-order valence-corrected chi connectivity index (χ4v) is 2.44. The van der Waals surface area contributed by atoms with Gasteiger partial charge in [0.2, 0.25) is 0 Å². The minimum atomic E-state index is 0.0335. The summed E-state index contributed by atoms with van der Waals surface area (Å²) in [4.78, 5) is 4.47. The van der Waals surface area contributed by atoms with Crippen LogP contribution in [-0.4, -0.2) is 30.4 Å². The van der Waals surface area contributed by atoms with Crippen molar-refractivity contribution >= 4 is 21.6 Å². The number of hydrogen-bond donors (Lipinski definition) is 2. The molecular formula is C11H14N2O2S. The molecule has 0 aliphatic heterocycles. The second-order valence-corrected chi connectivity index (χ2v) is 4.45. The number of nitrogens with one attached hydrogen (secondary N) is 1. The van der Waals surface area contributed by atoms with E-state index in [1.54, 1.807) is 11.3 Å². The van der Waals surface area contributed by atoms with Gasteiger partial charge in [0, 0.05) is 6.54 Å². The third kappa shape index (κ3) is 2.49. The highest BCUT2D eigenvalue weighted by molar-refractivity contribution is 7.18. The van der Waals surface area contributed by atoms with Crippen molar-refractivity contribution in [3.8, 4) is 5.75 Å². The Balaban J connectivity index is 2.23. The molecule has 0 unspecified atom stereocenters. The van der Waals surface area contributed by atoms with Crippen LogP contribution in [0.3, 0.4) is 0 Å². The summed E-state index contributed by atoms with van der Waals surface area (Å²) in [6, 6.07) is 5.78. The van der Waals surface area contributed by atoms with E-state index in [1.807, 2.05) is 25.2 Å². The molecule has 2 rings (SSSR count). The van der Waals surface area contributed by atoms with Crippen LogP contribution in [0.1, 0.15) is 5.01 Å². The minimum Gasteiger partial charge on any atom is -0.491 e. The number of benzene rings is 1. The van der Waals surface area contributed by atoms with Gasteiger partial charge in [-0.1, -0.05) is 0 Å². The maximum atomic E-state index is 8.67. The molecule has 16 heavy (non-hydrogen) atoms. The average Bonchev–Trinajstić information content (AvgIpc) is 2.68. The van der Waals surface area contributed by atoms with E-state index in [-0.39, 0.29) is 6.61 Å². The standard InChI is InChI=1S/C11H14N2O2S/c1-12-7-11-13-9-3-2-8(15-5-4-14)6-10(9)16-11/h2-3,6,12,14H,4-5,7H2,1H3. The molecule has 2 N–H and O–H groups in total. The summed E-state index contributed by atoms with van der Waals surface area (Å²) in [6.45, 7) is 1.14. The predicted molar refractivity (Wildman–Crippen MR) is 65.0 cm³/mol. The number of rotatable bonds is 5. The Bertz CT molecular complexity index is 470. The Labute approximate surface area is 97.9 Å². The first-order valence-corrected chi connectivity index (χ1v) is 5.93. The number of fused-ring (bicyclic) bond motifs is 1. The molecule has 86 valence electrons. The molecule has 0 radical (unpaired) electrons. The Hall–Kier alpha value is -1.17. The van der Waals surface area contributed by atoms with Crippen molar-refractivity contribution in [2.45, 2.75) is 6.54 Å². The fraction of sp³-hybridized carbons (Fsp3) is 0.364. The van der Waals surface area contributed by atoms with E-state index in [4.69, 9.17) is 9.84 Å². The Morgan fingerprint density at radius 3 is 3.12 bits per heavy atom. The molecule has 5 heteroatoms. The number of aliphatic hydroxyl groups is 1. The number of aliphatic hydroxyl groups excluding tert-OH is 1. The monoisotopic (exact) mass is 238 g/mol. The van der Waals surface area contributed by atoms with Crippen LogP contribution in [0.4, 0.5) is 0 Å². The van der Waals surface area contributed by atoms with Gasteiger partial charge in [-0.25, -0.2) is 4.98 Å². The number of hydrogen-bond acceptors (Lipinski definition) is 5. The lowest BCUT2D eigenvalue weighted by molar-refractivity contribution is 0.201. The highest BCUT2D eigenvalue weighted by Crippen LogP contribution is 2.26. The molecule has 0 atom stereocenters. The van der Waals surface area contributed by atoms with E-state index in [1.165, 1.54) is 0 Å². The van der Waals surface area contributed by atoms with E-state index in [9.17, 15) is 0 Å². The van der Waals surface area contributed by atoms with Crippen LogP contribution >= 0.6 is 11.3 Å². The van der Waals surface area contributed by atoms with Gasteiger partial charge >= 0.3 is 0 Å². The molecule has 1 heterocycles. The lowest BCUT2D eigenvalue weighted by Crippen LogP contribution is -2.03. The van der Waals surface area contributed by atoms with Crippen LogP contribution < -0.4 is 10.1 Å². The van der Waals surface area contributed by atoms with Crippen molar-refractivity contribution in [3.63, 3.8) is 0 Å². The second kappa shape index (κ2) is 5.25. The highest BCUT2D eigenvalue weighted by atomic mass is 32.1. The first kappa shape index (κ1) is 11.3. The smallest absolute Gasteiger partial charge is 0.120 e. The SMILES string of the molecule is CNCc1nc2ccc(OCCO)cc2s1. The van der Waals surface area contributed by atoms with Gasteiger partial charge in [0.1, 0.15) is 17.4 Å². The van der Waals surface area contributed by atoms with Crippen LogP contribution in [-0.2, 0) is 6.54 Å². The molecule has 0 amide bonds. The topological polar surface area (TPSA) is 54.4 Å². The number of ether oxygens (including phenoxy) is 1. The molecule has 0 spiro atoms. The second-order valence-electron chi connectivity index (χ2n) is 3.34. The molecule has 0 saturated carbocycles. The molecule has 1 aromatic carbocycles. The molecular weight excluding hydrogens is 224 g/mol. The average molecular weight is 238 g/mol. The summed E-state index contributed by atoms with van der Waals surface area (Å²) in [5, 5.41) is 12.8. The summed E-state index contributed by atoms with van der Waals surface area (Å²) >= 11 is 1.65. The zero-order valence-electron chi connectivity index (χ0n) is 9.06. The van der Waals surface area contributed by atoms with Crippen molar-refractivity contribution in [2.75, 3.05) is 20.3 Å². The van der Waals surface area contributed by atoms with Crippen molar-refractivity contribution in [3.05, 3.63) is 23.2 Å². The summed E-state index contributed by atoms with van der Waals surface area (Å²) in [6.07, 6.45) is 0. The first-order valence-electron chi connectivity index (χ1n) is 5.11. The van der Waals surface area contributed by atoms with Crippen LogP contribution in [0.5, 0.6) is 5.75 Å². The summed E-state index contributed by atoms with van der Waals surface area (Å²) < 4.78 is 6.46. The molecule has 0 bridgehead atoms. The molecule has 0 aliphatic rings. The molecule has 0 aliphatic carbocycles. The molecule has 2 aromatic rings. The molecule has 0 saturated heterocycles. The zero-order valence-corrected chi connectivity index (χ0v) is 9.88. The van der Waals surface area contributed by atoms with Gasteiger partial charge < -0.3 is 15.2 Å². The van der Waals surface area contributed by atoms with Crippen LogP contribution in [0.15, 0.2) is 18.2 Å². The normalized spacial score (nSPS) is 10.9. The maximum absolute atomic E-state index is 8.67. The van der Waals surface area contributed by atoms with Crippen LogP contribution in [0.25, 0.3) is 10.2 Å². The third-order valence-corrected chi connectivity index (χ3v) is 3.11. The van der Waals surface area contributed by atoms with Crippen molar-refractivity contribution in [1.29, 1.82) is 0 Å². The van der Waals surface area contributed by atoms with E-state index < -0.39 is 0 Å². The molecule has 4 nitrogen and oxygen atoms in total. The quantitative estimate of drug-likeness (QED) is 0.826. The molecule has 1 aromatic heterocycles. The largest absolute Gasteiger partial charge is 0.491 e. The lowest BCUT2D eigenvalue weighted by atomic mass is 10.3. The van der Waals surface area contributed by atoms with E-state index in [2.05, 4.69) is 10.3 Å². The third-order valence-electron chi connectivity index (χ3n) is 2.09. The summed E-state index contributed by atoms with van der Waals surface area (Å²) in [5.41, 5.74) is 0.992. The highest BCUT2D eigenvalue weighted by Gasteiger charge is 2.04. The Morgan fingerprint density at radius 1 is 1.50 bits per heavy atom. The summed E-state index contributed by atoms with van der Waals surface area (Å²) in [7, 11) is 1.90. The van der Waals surface area contributed by atoms with Gasteiger partial charge in [-0.3, -0.25) is 0 Å². The fourth-order valence-electron chi connectivity index (χ4n) is 1.43. The van der Waals surface area contributed by atoms with Gasteiger partial charge in [-0.2, -0.15) is 0 Å². The van der Waals surface area contributed by atoms with Gasteiger partial charge in [0.15, 0.2) is 0 Å². The first-order chi connectivity index (χ1) is 7.83. The van der Waals surface area contributed by atoms with E-state index in [0.29, 0.717) is 6.61 Å². The number of thiazole rings is 1. The van der Waals surface area contributed by atoms with Crippen molar-refractivity contribution < 1.29 is 9.84 Å². The van der Waals surface area contributed by atoms with Crippen LogP contribution in [0, 0.1) is 0 Å². The van der Waals surface area contributed by atoms with Crippen molar-refractivity contribution in [2.24, 2.45) is 0 Å².